The first-order chi connectivity index (χ1) is 7.56. The molecule has 0 amide bonds. The average Bonchev–Trinajstić information content (AvgIpc) is 2.27. The van der Waals surface area contributed by atoms with Gasteiger partial charge >= 0.3 is 5.97 Å². The molecule has 0 heterocycles. The van der Waals surface area contributed by atoms with E-state index in [0.29, 0.717) is 39.1 Å². The second-order valence-electron chi connectivity index (χ2n) is 3.88. The molecule has 1 atom stereocenters. The second kappa shape index (κ2) is 8.50. The molecule has 96 valence electrons. The van der Waals surface area contributed by atoms with Crippen molar-refractivity contribution in [3.63, 3.8) is 0 Å². The van der Waals surface area contributed by atoms with Gasteiger partial charge in [-0.25, -0.2) is 0 Å². The Morgan fingerprint density at radius 1 is 1.31 bits per heavy atom. The highest BCUT2D eigenvalue weighted by atomic mass is 16.5. The molecule has 5 nitrogen and oxygen atoms in total. The van der Waals surface area contributed by atoms with Gasteiger partial charge < -0.3 is 20.3 Å². The zero-order chi connectivity index (χ0) is 12.4. The number of nitrogens with two attached hydrogens (primary N) is 1. The summed E-state index contributed by atoms with van der Waals surface area (Å²) in [5.41, 5.74) is 4.63. The molecule has 0 saturated heterocycles. The standard InChI is InChI=1S/C11H23NO4/c1-3-11(12,10(13)14)6-4-8-16-9-5-7-15-2/h3-9,12H2,1-2H3,(H,13,14). The van der Waals surface area contributed by atoms with Crippen LogP contribution in [0, 0.1) is 0 Å². The van der Waals surface area contributed by atoms with Crippen LogP contribution in [0.1, 0.15) is 32.6 Å². The smallest absolute Gasteiger partial charge is 0.323 e. The van der Waals surface area contributed by atoms with Gasteiger partial charge in [0.15, 0.2) is 0 Å². The molecule has 0 fully saturated rings. The van der Waals surface area contributed by atoms with Crippen molar-refractivity contribution < 1.29 is 19.4 Å². The maximum Gasteiger partial charge on any atom is 0.323 e. The number of methoxy groups -OCH3 is 1. The van der Waals surface area contributed by atoms with Gasteiger partial charge in [0.25, 0.3) is 0 Å². The van der Waals surface area contributed by atoms with Crippen LogP contribution >= 0.6 is 0 Å². The van der Waals surface area contributed by atoms with Gasteiger partial charge in [-0.1, -0.05) is 6.92 Å². The Morgan fingerprint density at radius 3 is 2.44 bits per heavy atom. The van der Waals surface area contributed by atoms with E-state index in [0.717, 1.165) is 6.42 Å². The number of carboxylic acid groups (broad SMARTS) is 1. The third-order valence-corrected chi connectivity index (χ3v) is 2.61. The Bertz CT molecular complexity index is 198. The lowest BCUT2D eigenvalue weighted by Gasteiger charge is -2.22. The van der Waals surface area contributed by atoms with Crippen molar-refractivity contribution in [3.8, 4) is 0 Å². The SMILES string of the molecule is CCC(N)(CCCOCCCOC)C(=O)O. The Hall–Kier alpha value is -0.650. The largest absolute Gasteiger partial charge is 0.480 e. The number of aliphatic carboxylic acids is 1. The molecular weight excluding hydrogens is 210 g/mol. The summed E-state index contributed by atoms with van der Waals surface area (Å²) in [5, 5.41) is 8.92. The van der Waals surface area contributed by atoms with E-state index >= 15 is 0 Å². The van der Waals surface area contributed by atoms with Gasteiger partial charge in [0.1, 0.15) is 5.54 Å². The predicted molar refractivity (Wildman–Crippen MR) is 61.4 cm³/mol. The Labute approximate surface area is 96.9 Å². The average molecular weight is 233 g/mol. The van der Waals surface area contributed by atoms with Crippen LogP contribution < -0.4 is 5.73 Å². The summed E-state index contributed by atoms with van der Waals surface area (Å²) < 4.78 is 10.2. The maximum atomic E-state index is 10.9. The minimum absolute atomic E-state index is 0.437. The van der Waals surface area contributed by atoms with Crippen molar-refractivity contribution in [3.05, 3.63) is 0 Å². The molecule has 0 saturated carbocycles. The second-order valence-corrected chi connectivity index (χ2v) is 3.88. The molecule has 5 heteroatoms. The van der Waals surface area contributed by atoms with Gasteiger partial charge in [0.05, 0.1) is 0 Å². The summed E-state index contributed by atoms with van der Waals surface area (Å²) in [4.78, 5) is 10.9. The van der Waals surface area contributed by atoms with Crippen LogP contribution in [0.4, 0.5) is 0 Å². The van der Waals surface area contributed by atoms with E-state index in [1.165, 1.54) is 0 Å². The van der Waals surface area contributed by atoms with Gasteiger partial charge in [0, 0.05) is 26.9 Å². The lowest BCUT2D eigenvalue weighted by atomic mass is 9.92. The molecular formula is C11H23NO4. The van der Waals surface area contributed by atoms with Crippen molar-refractivity contribution in [2.75, 3.05) is 26.9 Å². The van der Waals surface area contributed by atoms with Gasteiger partial charge in [-0.05, 0) is 25.7 Å². The molecule has 0 aliphatic rings. The van der Waals surface area contributed by atoms with E-state index in [2.05, 4.69) is 0 Å². The zero-order valence-corrected chi connectivity index (χ0v) is 10.2. The van der Waals surface area contributed by atoms with Gasteiger partial charge in [0.2, 0.25) is 0 Å². The first kappa shape index (κ1) is 15.3. The number of hydrogen-bond acceptors (Lipinski definition) is 4. The summed E-state index contributed by atoms with van der Waals surface area (Å²) >= 11 is 0. The number of carboxylic acids is 1. The fourth-order valence-corrected chi connectivity index (χ4v) is 1.33. The molecule has 3 N–H and O–H groups in total. The lowest BCUT2D eigenvalue weighted by molar-refractivity contribution is -0.143. The van der Waals surface area contributed by atoms with E-state index in [-0.39, 0.29) is 0 Å². The van der Waals surface area contributed by atoms with E-state index in [1.54, 1.807) is 14.0 Å². The third kappa shape index (κ3) is 6.05. The molecule has 1 unspecified atom stereocenters. The molecule has 0 aliphatic heterocycles. The highest BCUT2D eigenvalue weighted by Gasteiger charge is 2.30. The molecule has 16 heavy (non-hydrogen) atoms. The topological polar surface area (TPSA) is 81.8 Å². The molecule has 0 radical (unpaired) electrons. The normalized spacial score (nSPS) is 14.7. The summed E-state index contributed by atoms with van der Waals surface area (Å²) in [6.45, 7) is 3.67. The molecule has 0 aromatic rings. The zero-order valence-electron chi connectivity index (χ0n) is 10.2. The highest BCUT2D eigenvalue weighted by Crippen LogP contribution is 2.14. The fourth-order valence-electron chi connectivity index (χ4n) is 1.33. The van der Waals surface area contributed by atoms with Gasteiger partial charge in [-0.15, -0.1) is 0 Å². The first-order valence-corrected chi connectivity index (χ1v) is 5.65. The molecule has 0 aliphatic carbocycles. The summed E-state index contributed by atoms with van der Waals surface area (Å²) in [5.74, 6) is -0.936. The summed E-state index contributed by atoms with van der Waals surface area (Å²) in [7, 11) is 1.65. The van der Waals surface area contributed by atoms with E-state index in [1.807, 2.05) is 0 Å². The van der Waals surface area contributed by atoms with Crippen LogP contribution in [0.15, 0.2) is 0 Å². The summed E-state index contributed by atoms with van der Waals surface area (Å²) in [6.07, 6.45) is 2.41. The van der Waals surface area contributed by atoms with Crippen LogP contribution in [0.2, 0.25) is 0 Å². The molecule has 0 aromatic heterocycles. The van der Waals surface area contributed by atoms with E-state index in [9.17, 15) is 4.79 Å². The molecule has 0 rings (SSSR count). The molecule has 0 bridgehead atoms. The third-order valence-electron chi connectivity index (χ3n) is 2.61. The number of hydrogen-bond donors (Lipinski definition) is 2. The lowest BCUT2D eigenvalue weighted by Crippen LogP contribution is -2.47. The van der Waals surface area contributed by atoms with Crippen LogP contribution in [0.25, 0.3) is 0 Å². The Balaban J connectivity index is 3.53. The van der Waals surface area contributed by atoms with E-state index < -0.39 is 11.5 Å². The Kier molecular flexibility index (Phi) is 8.15. The van der Waals surface area contributed by atoms with Crippen LogP contribution in [-0.2, 0) is 14.3 Å². The monoisotopic (exact) mass is 233 g/mol. The van der Waals surface area contributed by atoms with Gasteiger partial charge in [-0.2, -0.15) is 0 Å². The van der Waals surface area contributed by atoms with Crippen LogP contribution in [0.3, 0.4) is 0 Å². The van der Waals surface area contributed by atoms with Gasteiger partial charge in [-0.3, -0.25) is 4.79 Å². The number of rotatable bonds is 10. The first-order valence-electron chi connectivity index (χ1n) is 5.65. The van der Waals surface area contributed by atoms with Crippen molar-refractivity contribution in [2.45, 2.75) is 38.1 Å². The summed E-state index contributed by atoms with van der Waals surface area (Å²) in [6, 6.07) is 0. The minimum atomic E-state index is -1.10. The maximum absolute atomic E-state index is 10.9. The van der Waals surface area contributed by atoms with Crippen LogP contribution in [0.5, 0.6) is 0 Å². The van der Waals surface area contributed by atoms with Crippen molar-refractivity contribution in [2.24, 2.45) is 5.73 Å². The predicted octanol–water partition coefficient (Wildman–Crippen LogP) is 1.01. The van der Waals surface area contributed by atoms with Crippen molar-refractivity contribution in [1.82, 2.24) is 0 Å². The fraction of sp³-hybridized carbons (Fsp3) is 0.909. The van der Waals surface area contributed by atoms with E-state index in [4.69, 9.17) is 20.3 Å². The number of carbonyl (C=O) groups is 1. The van der Waals surface area contributed by atoms with Crippen molar-refractivity contribution in [1.29, 1.82) is 0 Å². The minimum Gasteiger partial charge on any atom is -0.480 e. The van der Waals surface area contributed by atoms with Crippen LogP contribution in [-0.4, -0.2) is 43.5 Å². The Morgan fingerprint density at radius 2 is 1.94 bits per heavy atom. The molecule has 0 spiro atoms. The molecule has 0 aromatic carbocycles. The quantitative estimate of drug-likeness (QED) is 0.550. The number of ether oxygens (including phenoxy) is 2. The van der Waals surface area contributed by atoms with Crippen molar-refractivity contribution >= 4 is 5.97 Å². The highest BCUT2D eigenvalue weighted by molar-refractivity contribution is 5.78.